The topological polar surface area (TPSA) is 91.2 Å². The number of nitrogens with zero attached hydrogens (tertiary/aromatic N) is 1. The lowest BCUT2D eigenvalue weighted by Gasteiger charge is -2.09. The summed E-state index contributed by atoms with van der Waals surface area (Å²) in [5.41, 5.74) is 0.852. The zero-order chi connectivity index (χ0) is 12.3. The molecule has 3 N–H and O–H groups in total. The summed E-state index contributed by atoms with van der Waals surface area (Å²) in [6.07, 6.45) is -0.974. The van der Waals surface area contributed by atoms with Gasteiger partial charge >= 0.3 is 5.76 Å². The van der Waals surface area contributed by atoms with Crippen molar-refractivity contribution in [3.63, 3.8) is 0 Å². The van der Waals surface area contributed by atoms with E-state index in [4.69, 9.17) is 0 Å². The van der Waals surface area contributed by atoms with Gasteiger partial charge in [-0.05, 0) is 24.3 Å². The lowest BCUT2D eigenvalue weighted by molar-refractivity contribution is 0.154. The van der Waals surface area contributed by atoms with Crippen LogP contribution >= 0.6 is 15.9 Å². The summed E-state index contributed by atoms with van der Waals surface area (Å²) in [5, 5.41) is 18.3. The van der Waals surface area contributed by atoms with Gasteiger partial charge in [0.1, 0.15) is 6.10 Å². The Bertz CT molecular complexity index is 534. The Balaban J connectivity index is 1.94. The number of rotatable bonds is 4. The Hall–Kier alpha value is -1.60. The van der Waals surface area contributed by atoms with E-state index in [9.17, 15) is 9.90 Å². The second kappa shape index (κ2) is 5.15. The molecule has 0 fully saturated rings. The molecule has 2 aromatic rings. The van der Waals surface area contributed by atoms with Crippen molar-refractivity contribution in [1.82, 2.24) is 10.2 Å². The molecule has 1 atom stereocenters. The Labute approximate surface area is 105 Å². The number of aromatic nitrogens is 2. The van der Waals surface area contributed by atoms with Crippen molar-refractivity contribution in [2.45, 2.75) is 6.10 Å². The predicted octanol–water partition coefficient (Wildman–Crippen LogP) is 1.27. The number of halogens is 1. The van der Waals surface area contributed by atoms with Gasteiger partial charge in [-0.25, -0.2) is 9.89 Å². The van der Waals surface area contributed by atoms with Gasteiger partial charge in [0.15, 0.2) is 0 Å². The zero-order valence-electron chi connectivity index (χ0n) is 8.68. The molecule has 0 aliphatic carbocycles. The molecule has 0 spiro atoms. The van der Waals surface area contributed by atoms with Gasteiger partial charge in [-0.3, -0.25) is 0 Å². The van der Waals surface area contributed by atoms with Crippen molar-refractivity contribution >= 4 is 21.6 Å². The molecule has 1 aromatic carbocycles. The third-order valence-corrected chi connectivity index (χ3v) is 2.61. The number of aliphatic hydroxyl groups excluding tert-OH is 1. The SMILES string of the molecule is O=c1[nH]nc(C(O)CNc2ccc(Br)cc2)o1. The van der Waals surface area contributed by atoms with Gasteiger partial charge in [0, 0.05) is 16.7 Å². The normalized spacial score (nSPS) is 12.4. The van der Waals surface area contributed by atoms with Crippen molar-refractivity contribution < 1.29 is 9.52 Å². The average Bonchev–Trinajstić information content (AvgIpc) is 2.75. The average molecular weight is 300 g/mol. The number of hydrogen-bond donors (Lipinski definition) is 3. The molecular formula is C10H10BrN3O3. The maximum atomic E-state index is 10.7. The van der Waals surface area contributed by atoms with Crippen LogP contribution in [0.5, 0.6) is 0 Å². The number of H-pyrrole nitrogens is 1. The first-order chi connectivity index (χ1) is 8.15. The van der Waals surface area contributed by atoms with Crippen LogP contribution in [0.1, 0.15) is 12.0 Å². The van der Waals surface area contributed by atoms with Crippen LogP contribution in [0.4, 0.5) is 5.69 Å². The van der Waals surface area contributed by atoms with Crippen LogP contribution in [0.2, 0.25) is 0 Å². The highest BCUT2D eigenvalue weighted by Gasteiger charge is 2.13. The Morgan fingerprint density at radius 2 is 2.18 bits per heavy atom. The molecule has 6 nitrogen and oxygen atoms in total. The minimum Gasteiger partial charge on any atom is -0.390 e. The Morgan fingerprint density at radius 1 is 1.47 bits per heavy atom. The van der Waals surface area contributed by atoms with Gasteiger partial charge in [0.25, 0.3) is 0 Å². The highest BCUT2D eigenvalue weighted by atomic mass is 79.9. The Kier molecular flexibility index (Phi) is 3.60. The summed E-state index contributed by atoms with van der Waals surface area (Å²) in [7, 11) is 0. The van der Waals surface area contributed by atoms with Gasteiger partial charge in [0.2, 0.25) is 5.89 Å². The molecule has 1 aromatic heterocycles. The van der Waals surface area contributed by atoms with E-state index in [1.54, 1.807) is 0 Å². The number of nitrogens with one attached hydrogen (secondary N) is 2. The fourth-order valence-electron chi connectivity index (χ4n) is 1.25. The number of aliphatic hydroxyl groups is 1. The first-order valence-corrected chi connectivity index (χ1v) is 5.67. The first-order valence-electron chi connectivity index (χ1n) is 4.88. The number of anilines is 1. The molecule has 0 aliphatic rings. The fourth-order valence-corrected chi connectivity index (χ4v) is 1.52. The summed E-state index contributed by atoms with van der Waals surface area (Å²) in [4.78, 5) is 10.7. The van der Waals surface area contributed by atoms with Crippen LogP contribution in [0.25, 0.3) is 0 Å². The third kappa shape index (κ3) is 3.18. The second-order valence-corrected chi connectivity index (χ2v) is 4.27. The van der Waals surface area contributed by atoms with Gasteiger partial charge < -0.3 is 14.8 Å². The van der Waals surface area contributed by atoms with Crippen LogP contribution in [0, 0.1) is 0 Å². The zero-order valence-corrected chi connectivity index (χ0v) is 10.3. The summed E-state index contributed by atoms with van der Waals surface area (Å²) in [5.74, 6) is -0.706. The molecule has 0 saturated carbocycles. The lowest BCUT2D eigenvalue weighted by atomic mass is 10.3. The smallest absolute Gasteiger partial charge is 0.390 e. The van der Waals surface area contributed by atoms with Gasteiger partial charge in [0.05, 0.1) is 0 Å². The molecular weight excluding hydrogens is 290 g/mol. The van der Waals surface area contributed by atoms with E-state index in [0.717, 1.165) is 10.2 Å². The molecule has 7 heteroatoms. The Morgan fingerprint density at radius 3 is 2.76 bits per heavy atom. The van der Waals surface area contributed by atoms with E-state index in [-0.39, 0.29) is 12.4 Å². The van der Waals surface area contributed by atoms with Gasteiger partial charge in [-0.1, -0.05) is 15.9 Å². The van der Waals surface area contributed by atoms with E-state index in [1.165, 1.54) is 0 Å². The maximum absolute atomic E-state index is 10.7. The first kappa shape index (κ1) is 11.9. The molecule has 0 bridgehead atoms. The molecule has 0 radical (unpaired) electrons. The van der Waals surface area contributed by atoms with E-state index in [2.05, 4.69) is 35.9 Å². The number of hydrogen-bond acceptors (Lipinski definition) is 5. The molecule has 17 heavy (non-hydrogen) atoms. The summed E-state index contributed by atoms with van der Waals surface area (Å²) >= 11 is 3.32. The summed E-state index contributed by atoms with van der Waals surface area (Å²) in [6, 6.07) is 7.47. The predicted molar refractivity (Wildman–Crippen MR) is 64.7 cm³/mol. The number of benzene rings is 1. The molecule has 90 valence electrons. The van der Waals surface area contributed by atoms with E-state index in [1.807, 2.05) is 24.3 Å². The van der Waals surface area contributed by atoms with E-state index >= 15 is 0 Å². The largest absolute Gasteiger partial charge is 0.434 e. The lowest BCUT2D eigenvalue weighted by Crippen LogP contribution is -2.12. The third-order valence-electron chi connectivity index (χ3n) is 2.08. The molecule has 0 aliphatic heterocycles. The van der Waals surface area contributed by atoms with Crippen molar-refractivity contribution in [1.29, 1.82) is 0 Å². The minimum atomic E-state index is -0.974. The number of aromatic amines is 1. The van der Waals surface area contributed by atoms with Crippen molar-refractivity contribution in [2.24, 2.45) is 0 Å². The van der Waals surface area contributed by atoms with Crippen LogP contribution < -0.4 is 11.1 Å². The van der Waals surface area contributed by atoms with Gasteiger partial charge in [-0.2, -0.15) is 0 Å². The molecule has 1 unspecified atom stereocenters. The molecule has 1 heterocycles. The van der Waals surface area contributed by atoms with Crippen LogP contribution in [0.15, 0.2) is 37.9 Å². The van der Waals surface area contributed by atoms with Gasteiger partial charge in [-0.15, -0.1) is 5.10 Å². The summed E-state index contributed by atoms with van der Waals surface area (Å²) < 4.78 is 5.61. The fraction of sp³-hybridized carbons (Fsp3) is 0.200. The van der Waals surface area contributed by atoms with Crippen LogP contribution in [0.3, 0.4) is 0 Å². The highest BCUT2D eigenvalue weighted by Crippen LogP contribution is 2.15. The van der Waals surface area contributed by atoms with E-state index < -0.39 is 11.9 Å². The monoisotopic (exact) mass is 299 g/mol. The van der Waals surface area contributed by atoms with Crippen LogP contribution in [-0.4, -0.2) is 21.8 Å². The van der Waals surface area contributed by atoms with E-state index in [0.29, 0.717) is 0 Å². The summed E-state index contributed by atoms with van der Waals surface area (Å²) in [6.45, 7) is 0.204. The van der Waals surface area contributed by atoms with Crippen molar-refractivity contribution in [2.75, 3.05) is 11.9 Å². The quantitative estimate of drug-likeness (QED) is 0.791. The molecule has 0 saturated heterocycles. The molecule has 2 rings (SSSR count). The standard InChI is InChI=1S/C10H10BrN3O3/c11-6-1-3-7(4-2-6)12-5-8(15)9-13-14-10(16)17-9/h1-4,8,12,15H,5H2,(H,14,16). The minimum absolute atomic E-state index is 0.0281. The van der Waals surface area contributed by atoms with Crippen LogP contribution in [-0.2, 0) is 0 Å². The maximum Gasteiger partial charge on any atom is 0.434 e. The van der Waals surface area contributed by atoms with Crippen molar-refractivity contribution in [3.05, 3.63) is 45.2 Å². The van der Waals surface area contributed by atoms with Crippen molar-refractivity contribution in [3.8, 4) is 0 Å². The molecule has 0 amide bonds. The highest BCUT2D eigenvalue weighted by molar-refractivity contribution is 9.10. The second-order valence-electron chi connectivity index (χ2n) is 3.35.